The summed E-state index contributed by atoms with van der Waals surface area (Å²) in [6.45, 7) is 4.88. The van der Waals surface area contributed by atoms with Gasteiger partial charge >= 0.3 is 0 Å². The SMILES string of the molecule is CCCNc1nc(Nc2ccc(C#N)cc2)ncc1C#C[C@@H](N)CC. The average molecular weight is 334 g/mol. The monoisotopic (exact) mass is 334 g/mol. The molecule has 0 aliphatic rings. The molecule has 6 heteroatoms. The van der Waals surface area contributed by atoms with Crippen LogP contribution in [-0.2, 0) is 0 Å². The van der Waals surface area contributed by atoms with Crippen molar-refractivity contribution < 1.29 is 0 Å². The first-order valence-corrected chi connectivity index (χ1v) is 8.31. The van der Waals surface area contributed by atoms with Gasteiger partial charge in [0, 0.05) is 12.2 Å². The molecule has 0 aliphatic heterocycles. The molecule has 0 amide bonds. The highest BCUT2D eigenvalue weighted by Crippen LogP contribution is 2.17. The molecule has 1 aromatic heterocycles. The van der Waals surface area contributed by atoms with Crippen molar-refractivity contribution in [1.29, 1.82) is 5.26 Å². The first-order valence-electron chi connectivity index (χ1n) is 8.31. The van der Waals surface area contributed by atoms with Gasteiger partial charge in [-0.2, -0.15) is 10.2 Å². The van der Waals surface area contributed by atoms with Crippen LogP contribution in [0.4, 0.5) is 17.5 Å². The summed E-state index contributed by atoms with van der Waals surface area (Å²) in [7, 11) is 0. The minimum Gasteiger partial charge on any atom is -0.369 e. The van der Waals surface area contributed by atoms with Crippen molar-refractivity contribution in [2.24, 2.45) is 5.73 Å². The molecule has 6 nitrogen and oxygen atoms in total. The predicted octanol–water partition coefficient (Wildman–Crippen LogP) is 3.00. The molecular weight excluding hydrogens is 312 g/mol. The fourth-order valence-electron chi connectivity index (χ4n) is 1.94. The first-order chi connectivity index (χ1) is 12.2. The Morgan fingerprint density at radius 3 is 2.64 bits per heavy atom. The van der Waals surface area contributed by atoms with Crippen LogP contribution in [0.5, 0.6) is 0 Å². The van der Waals surface area contributed by atoms with Crippen LogP contribution >= 0.6 is 0 Å². The smallest absolute Gasteiger partial charge is 0.229 e. The molecule has 0 bridgehead atoms. The quantitative estimate of drug-likeness (QED) is 0.702. The van der Waals surface area contributed by atoms with Crippen LogP contribution in [0, 0.1) is 23.2 Å². The second-order valence-electron chi connectivity index (χ2n) is 5.48. The summed E-state index contributed by atoms with van der Waals surface area (Å²) in [5.41, 5.74) is 8.00. The minimum atomic E-state index is -0.157. The molecule has 0 aliphatic carbocycles. The first kappa shape index (κ1) is 18.3. The maximum absolute atomic E-state index is 8.85. The number of nitrogens with zero attached hydrogens (tertiary/aromatic N) is 3. The predicted molar refractivity (Wildman–Crippen MR) is 100 cm³/mol. The number of benzene rings is 1. The Bertz CT molecular complexity index is 795. The van der Waals surface area contributed by atoms with Crippen LogP contribution in [0.1, 0.15) is 37.8 Å². The second kappa shape index (κ2) is 9.27. The third kappa shape index (κ3) is 5.49. The summed E-state index contributed by atoms with van der Waals surface area (Å²) in [5, 5.41) is 15.3. The fourth-order valence-corrected chi connectivity index (χ4v) is 1.94. The van der Waals surface area contributed by atoms with Crippen molar-refractivity contribution in [2.45, 2.75) is 32.7 Å². The Kier molecular flexibility index (Phi) is 6.76. The lowest BCUT2D eigenvalue weighted by atomic mass is 10.2. The molecule has 1 aromatic carbocycles. The molecule has 2 rings (SSSR count). The zero-order valence-corrected chi connectivity index (χ0v) is 14.5. The molecule has 0 spiro atoms. The number of nitrogens with one attached hydrogen (secondary N) is 2. The van der Waals surface area contributed by atoms with Gasteiger partial charge in [-0.3, -0.25) is 0 Å². The van der Waals surface area contributed by atoms with Gasteiger partial charge in [0.1, 0.15) is 5.82 Å². The van der Waals surface area contributed by atoms with E-state index in [9.17, 15) is 0 Å². The second-order valence-corrected chi connectivity index (χ2v) is 5.48. The van der Waals surface area contributed by atoms with E-state index in [4.69, 9.17) is 11.0 Å². The van der Waals surface area contributed by atoms with E-state index in [-0.39, 0.29) is 6.04 Å². The highest BCUT2D eigenvalue weighted by Gasteiger charge is 2.06. The van der Waals surface area contributed by atoms with Gasteiger partial charge in [0.25, 0.3) is 0 Å². The summed E-state index contributed by atoms with van der Waals surface area (Å²) in [6.07, 6.45) is 3.46. The van der Waals surface area contributed by atoms with Crippen LogP contribution < -0.4 is 16.4 Å². The molecular formula is C19H22N6. The lowest BCUT2D eigenvalue weighted by molar-refractivity contribution is 0.806. The van der Waals surface area contributed by atoms with Crippen molar-refractivity contribution >= 4 is 17.5 Å². The number of nitriles is 1. The Morgan fingerprint density at radius 2 is 2.00 bits per heavy atom. The number of hydrogen-bond acceptors (Lipinski definition) is 6. The number of anilines is 3. The zero-order valence-electron chi connectivity index (χ0n) is 14.5. The Balaban J connectivity index is 2.23. The van der Waals surface area contributed by atoms with Crippen LogP contribution in [0.3, 0.4) is 0 Å². The highest BCUT2D eigenvalue weighted by atomic mass is 15.1. The third-order valence-electron chi connectivity index (χ3n) is 3.43. The summed E-state index contributed by atoms with van der Waals surface area (Å²) in [5.74, 6) is 7.21. The van der Waals surface area contributed by atoms with Crippen LogP contribution in [-0.4, -0.2) is 22.6 Å². The number of rotatable bonds is 6. The molecule has 128 valence electrons. The fraction of sp³-hybridized carbons (Fsp3) is 0.316. The molecule has 4 N–H and O–H groups in total. The summed E-state index contributed by atoms with van der Waals surface area (Å²) in [6, 6.07) is 9.04. The van der Waals surface area contributed by atoms with Gasteiger partial charge in [0.2, 0.25) is 5.95 Å². The highest BCUT2D eigenvalue weighted by molar-refractivity contribution is 5.60. The number of hydrogen-bond donors (Lipinski definition) is 3. The van der Waals surface area contributed by atoms with Gasteiger partial charge in [-0.25, -0.2) is 4.98 Å². The van der Waals surface area contributed by atoms with Crippen molar-refractivity contribution in [3.63, 3.8) is 0 Å². The largest absolute Gasteiger partial charge is 0.369 e. The van der Waals surface area contributed by atoms with Crippen molar-refractivity contribution in [1.82, 2.24) is 9.97 Å². The van der Waals surface area contributed by atoms with E-state index in [1.165, 1.54) is 0 Å². The van der Waals surface area contributed by atoms with Gasteiger partial charge in [0.15, 0.2) is 0 Å². The maximum Gasteiger partial charge on any atom is 0.229 e. The molecule has 2 aromatic rings. The molecule has 0 saturated heterocycles. The molecule has 0 unspecified atom stereocenters. The summed E-state index contributed by atoms with van der Waals surface area (Å²) in [4.78, 5) is 8.83. The van der Waals surface area contributed by atoms with Gasteiger partial charge in [-0.1, -0.05) is 25.7 Å². The van der Waals surface area contributed by atoms with Gasteiger partial charge in [0.05, 0.1) is 29.4 Å². The summed E-state index contributed by atoms with van der Waals surface area (Å²) < 4.78 is 0. The number of nitrogens with two attached hydrogens (primary N) is 1. The third-order valence-corrected chi connectivity index (χ3v) is 3.43. The topological polar surface area (TPSA) is 99.6 Å². The van der Waals surface area contributed by atoms with Crippen LogP contribution in [0.2, 0.25) is 0 Å². The van der Waals surface area contributed by atoms with Crippen molar-refractivity contribution in [2.75, 3.05) is 17.2 Å². The van der Waals surface area contributed by atoms with E-state index in [1.807, 2.05) is 19.1 Å². The Hall–Kier alpha value is -3.09. The van der Waals surface area contributed by atoms with Crippen LogP contribution in [0.25, 0.3) is 0 Å². The average Bonchev–Trinajstić information content (AvgIpc) is 2.65. The molecule has 0 saturated carbocycles. The van der Waals surface area contributed by atoms with Gasteiger partial charge in [-0.15, -0.1) is 0 Å². The lowest BCUT2D eigenvalue weighted by Crippen LogP contribution is -2.15. The van der Waals surface area contributed by atoms with E-state index in [1.54, 1.807) is 18.3 Å². The molecule has 1 heterocycles. The van der Waals surface area contributed by atoms with E-state index in [0.29, 0.717) is 17.3 Å². The normalized spacial score (nSPS) is 11.0. The van der Waals surface area contributed by atoms with Crippen molar-refractivity contribution in [3.8, 4) is 17.9 Å². The number of aromatic nitrogens is 2. The molecule has 25 heavy (non-hydrogen) atoms. The van der Waals surface area contributed by atoms with E-state index >= 15 is 0 Å². The van der Waals surface area contributed by atoms with Gasteiger partial charge in [-0.05, 0) is 37.1 Å². The molecule has 0 radical (unpaired) electrons. The van der Waals surface area contributed by atoms with E-state index in [2.05, 4.69) is 45.4 Å². The van der Waals surface area contributed by atoms with Crippen molar-refractivity contribution in [3.05, 3.63) is 41.6 Å². The van der Waals surface area contributed by atoms with E-state index in [0.717, 1.165) is 30.6 Å². The molecule has 1 atom stereocenters. The minimum absolute atomic E-state index is 0.157. The Morgan fingerprint density at radius 1 is 1.24 bits per heavy atom. The van der Waals surface area contributed by atoms with Crippen LogP contribution in [0.15, 0.2) is 30.5 Å². The zero-order chi connectivity index (χ0) is 18.1. The summed E-state index contributed by atoms with van der Waals surface area (Å²) >= 11 is 0. The van der Waals surface area contributed by atoms with E-state index < -0.39 is 0 Å². The Labute approximate surface area is 148 Å². The molecule has 0 fully saturated rings. The maximum atomic E-state index is 8.85. The standard InChI is InChI=1S/C19H22N6/c1-3-11-22-18-15(7-8-16(21)4-2)13-23-19(25-18)24-17-9-5-14(12-20)6-10-17/h5-6,9-10,13,16H,3-4,11,21H2,1-2H3,(H2,22,23,24,25)/t16-/m0/s1. The lowest BCUT2D eigenvalue weighted by Gasteiger charge is -2.10. The van der Waals surface area contributed by atoms with Gasteiger partial charge < -0.3 is 16.4 Å².